The predicted molar refractivity (Wildman–Crippen MR) is 63.6 cm³/mol. The van der Waals surface area contributed by atoms with Crippen LogP contribution in [-0.4, -0.2) is 37.0 Å². The second-order valence-corrected chi connectivity index (χ2v) is 9.53. The van der Waals surface area contributed by atoms with Gasteiger partial charge < -0.3 is 0 Å². The van der Waals surface area contributed by atoms with Gasteiger partial charge in [-0.05, 0) is 0 Å². The summed E-state index contributed by atoms with van der Waals surface area (Å²) in [5.41, 5.74) is 1.46. The monoisotopic (exact) mass is 324 g/mol. The molecule has 0 aromatic heterocycles. The summed E-state index contributed by atoms with van der Waals surface area (Å²) in [7, 11) is 1.71. The maximum atomic E-state index is 5.16. The Morgan fingerprint density at radius 2 is 1.57 bits per heavy atom. The molecular formula is C11H16OSe2. The van der Waals surface area contributed by atoms with Gasteiger partial charge in [0.2, 0.25) is 0 Å². The molecule has 0 unspecified atom stereocenters. The van der Waals surface area contributed by atoms with Gasteiger partial charge in [-0.15, -0.1) is 0 Å². The molecule has 0 atom stereocenters. The minimum absolute atomic E-state index is 0.437. The van der Waals surface area contributed by atoms with Crippen LogP contribution >= 0.6 is 0 Å². The molecule has 0 radical (unpaired) electrons. The quantitative estimate of drug-likeness (QED) is 0.774. The molecule has 78 valence electrons. The Balaban J connectivity index is 2.95. The van der Waals surface area contributed by atoms with Gasteiger partial charge in [-0.3, -0.25) is 0 Å². The number of hydrogen-bond donors (Lipinski definition) is 0. The summed E-state index contributed by atoms with van der Waals surface area (Å²) in [6, 6.07) is 8.53. The van der Waals surface area contributed by atoms with Crippen molar-refractivity contribution in [2.45, 2.75) is 21.8 Å². The van der Waals surface area contributed by atoms with Gasteiger partial charge in [0.1, 0.15) is 0 Å². The van der Waals surface area contributed by atoms with Crippen molar-refractivity contribution in [3.05, 3.63) is 29.8 Å². The van der Waals surface area contributed by atoms with Crippen LogP contribution < -0.4 is 4.74 Å². The molecule has 1 aromatic rings. The van der Waals surface area contributed by atoms with Gasteiger partial charge in [0.15, 0.2) is 0 Å². The summed E-state index contributed by atoms with van der Waals surface area (Å²) >= 11 is 1.33. The van der Waals surface area contributed by atoms with E-state index in [1.165, 1.54) is 5.56 Å². The Kier molecular flexibility index (Phi) is 4.53. The van der Waals surface area contributed by atoms with Crippen LogP contribution in [0.15, 0.2) is 24.3 Å². The molecule has 1 nitrogen and oxygen atoms in total. The summed E-state index contributed by atoms with van der Waals surface area (Å²) < 4.78 is 5.60. The fraction of sp³-hybridized carbons (Fsp3) is 0.455. The first-order valence-corrected chi connectivity index (χ1v) is 9.55. The number of ether oxygens (including phenoxy) is 1. The van der Waals surface area contributed by atoms with Crippen LogP contribution in [-0.2, 0) is 3.21 Å². The third-order valence-electron chi connectivity index (χ3n) is 2.39. The zero-order valence-electron chi connectivity index (χ0n) is 9.03. The Morgan fingerprint density at radius 3 is 1.93 bits per heavy atom. The normalized spacial score (nSPS) is 11.4. The van der Waals surface area contributed by atoms with Crippen molar-refractivity contribution in [3.8, 4) is 5.75 Å². The van der Waals surface area contributed by atoms with Crippen molar-refractivity contribution in [2.24, 2.45) is 0 Å². The maximum absolute atomic E-state index is 5.16. The van der Waals surface area contributed by atoms with Crippen molar-refractivity contribution in [1.29, 1.82) is 0 Å². The average molecular weight is 322 g/mol. The Hall–Kier alpha value is 0.0590. The molecule has 0 bridgehead atoms. The van der Waals surface area contributed by atoms with Crippen molar-refractivity contribution >= 4 is 29.9 Å². The molecule has 0 saturated carbocycles. The Morgan fingerprint density at radius 1 is 1.07 bits per heavy atom. The fourth-order valence-corrected chi connectivity index (χ4v) is 4.94. The molecule has 1 rings (SSSR count). The Bertz CT molecular complexity index is 278. The second-order valence-electron chi connectivity index (χ2n) is 3.08. The van der Waals surface area contributed by atoms with E-state index in [0.717, 1.165) is 5.75 Å². The van der Waals surface area contributed by atoms with Crippen LogP contribution in [0.1, 0.15) is 12.5 Å². The van der Waals surface area contributed by atoms with Gasteiger partial charge in [0, 0.05) is 0 Å². The van der Waals surface area contributed by atoms with Crippen molar-refractivity contribution < 1.29 is 4.74 Å². The zero-order valence-corrected chi connectivity index (χ0v) is 12.5. The summed E-state index contributed by atoms with van der Waals surface area (Å²) in [5, 5.41) is 0. The van der Waals surface area contributed by atoms with Gasteiger partial charge in [-0.25, -0.2) is 0 Å². The topological polar surface area (TPSA) is 9.23 Å². The number of rotatable bonds is 4. The van der Waals surface area contributed by atoms with Crippen LogP contribution in [0.3, 0.4) is 0 Å². The molecule has 0 fully saturated rings. The minimum atomic E-state index is 0.437. The van der Waals surface area contributed by atoms with Crippen LogP contribution in [0.4, 0.5) is 0 Å². The molecule has 0 aliphatic heterocycles. The molecule has 0 aliphatic carbocycles. The molecule has 0 spiro atoms. The molecular weight excluding hydrogens is 306 g/mol. The van der Waals surface area contributed by atoms with Crippen molar-refractivity contribution in [3.63, 3.8) is 0 Å². The van der Waals surface area contributed by atoms with Gasteiger partial charge in [-0.1, -0.05) is 0 Å². The molecule has 0 N–H and O–H groups in total. The molecule has 3 heteroatoms. The number of benzene rings is 1. The van der Waals surface area contributed by atoms with Gasteiger partial charge in [0.25, 0.3) is 0 Å². The van der Waals surface area contributed by atoms with Crippen LogP contribution in [0.2, 0.25) is 11.6 Å². The molecule has 0 heterocycles. The summed E-state index contributed by atoms with van der Waals surface area (Å²) in [6.45, 7) is 2.37. The van der Waals surface area contributed by atoms with Gasteiger partial charge in [0.05, 0.1) is 0 Å². The van der Waals surface area contributed by atoms with E-state index in [9.17, 15) is 0 Å². The number of methoxy groups -OCH3 is 1. The van der Waals surface area contributed by atoms with E-state index in [1.54, 1.807) is 7.11 Å². The SMILES string of the molecule is COc1ccc(C(C)([Se]C)[Se]C)cc1. The van der Waals surface area contributed by atoms with E-state index in [0.29, 0.717) is 33.1 Å². The predicted octanol–water partition coefficient (Wildman–Crippen LogP) is 2.37. The summed E-state index contributed by atoms with van der Waals surface area (Å²) in [5.74, 6) is 5.59. The van der Waals surface area contributed by atoms with E-state index < -0.39 is 0 Å². The summed E-state index contributed by atoms with van der Waals surface area (Å²) in [4.78, 5) is 0. The second kappa shape index (κ2) is 5.23. The van der Waals surface area contributed by atoms with E-state index in [-0.39, 0.29) is 0 Å². The van der Waals surface area contributed by atoms with Crippen molar-refractivity contribution in [2.75, 3.05) is 7.11 Å². The first kappa shape index (κ1) is 12.1. The van der Waals surface area contributed by atoms with E-state index >= 15 is 0 Å². The molecule has 0 saturated heterocycles. The summed E-state index contributed by atoms with van der Waals surface area (Å²) in [6.07, 6.45) is 0. The fourth-order valence-electron chi connectivity index (χ4n) is 1.21. The van der Waals surface area contributed by atoms with Crippen molar-refractivity contribution in [1.82, 2.24) is 0 Å². The molecule has 14 heavy (non-hydrogen) atoms. The zero-order chi connectivity index (χ0) is 10.6. The standard InChI is InChI=1S/C11H16OSe2/c1-11(13-3,14-4)9-5-7-10(12-2)8-6-9/h5-8H,1-4H3. The Labute approximate surface area is 98.9 Å². The van der Waals surface area contributed by atoms with E-state index in [2.05, 4.69) is 42.8 Å². The average Bonchev–Trinajstić information content (AvgIpc) is 2.28. The third-order valence-corrected chi connectivity index (χ3v) is 10.3. The first-order chi connectivity index (χ1) is 6.66. The number of hydrogen-bond acceptors (Lipinski definition) is 1. The van der Waals surface area contributed by atoms with E-state index in [4.69, 9.17) is 4.74 Å². The molecule has 0 amide bonds. The molecule has 0 aliphatic rings. The van der Waals surface area contributed by atoms with Gasteiger partial charge in [-0.2, -0.15) is 0 Å². The first-order valence-electron chi connectivity index (χ1n) is 4.41. The third kappa shape index (κ3) is 2.55. The van der Waals surface area contributed by atoms with E-state index in [1.807, 2.05) is 0 Å². The van der Waals surface area contributed by atoms with Crippen LogP contribution in [0.25, 0.3) is 0 Å². The van der Waals surface area contributed by atoms with Crippen LogP contribution in [0, 0.1) is 0 Å². The molecule has 1 aromatic carbocycles. The van der Waals surface area contributed by atoms with Gasteiger partial charge >= 0.3 is 99.1 Å². The van der Waals surface area contributed by atoms with Crippen LogP contribution in [0.5, 0.6) is 5.75 Å².